The Balaban J connectivity index is 1.90. The molecule has 0 saturated heterocycles. The molecule has 104 valence electrons. The number of halogens is 2. The predicted octanol–water partition coefficient (Wildman–Crippen LogP) is 3.70. The Labute approximate surface area is 121 Å². The molecule has 0 bridgehead atoms. The van der Waals surface area contributed by atoms with Crippen LogP contribution in [-0.4, -0.2) is 15.0 Å². The van der Waals surface area contributed by atoms with Crippen LogP contribution in [0.15, 0.2) is 30.3 Å². The van der Waals surface area contributed by atoms with E-state index >= 15 is 0 Å². The smallest absolute Gasteiger partial charge is 0.181 e. The number of nitrogens with one attached hydrogen (secondary N) is 1. The van der Waals surface area contributed by atoms with Crippen molar-refractivity contribution in [2.75, 3.05) is 5.73 Å². The first-order valence-electron chi connectivity index (χ1n) is 6.11. The van der Waals surface area contributed by atoms with Crippen LogP contribution in [0.3, 0.4) is 0 Å². The molecule has 0 radical (unpaired) electrons. The van der Waals surface area contributed by atoms with Crippen LogP contribution in [0.1, 0.15) is 0 Å². The summed E-state index contributed by atoms with van der Waals surface area (Å²) in [6.45, 7) is 0. The van der Waals surface area contributed by atoms with Gasteiger partial charge in [-0.2, -0.15) is 0 Å². The number of rotatable bonds is 1. The fourth-order valence-corrected chi connectivity index (χ4v) is 3.00. The van der Waals surface area contributed by atoms with Crippen LogP contribution in [0.2, 0.25) is 0 Å². The first-order valence-corrected chi connectivity index (χ1v) is 6.93. The predicted molar refractivity (Wildman–Crippen MR) is 79.0 cm³/mol. The highest BCUT2D eigenvalue weighted by molar-refractivity contribution is 7.22. The molecule has 0 fully saturated rings. The quantitative estimate of drug-likeness (QED) is 0.563. The average molecular weight is 302 g/mol. The lowest BCUT2D eigenvalue weighted by Crippen LogP contribution is -1.82. The summed E-state index contributed by atoms with van der Waals surface area (Å²) in [6, 6.07) is 7.75. The van der Waals surface area contributed by atoms with Gasteiger partial charge in [0.05, 0.1) is 21.3 Å². The van der Waals surface area contributed by atoms with E-state index in [1.165, 1.54) is 11.3 Å². The fraction of sp³-hybridized carbons (Fsp3) is 0. The molecule has 3 N–H and O–H groups in total. The topological polar surface area (TPSA) is 67.6 Å². The van der Waals surface area contributed by atoms with Gasteiger partial charge in [-0.15, -0.1) is 0 Å². The third-order valence-electron chi connectivity index (χ3n) is 3.20. The summed E-state index contributed by atoms with van der Waals surface area (Å²) >= 11 is 1.38. The molecule has 2 aromatic heterocycles. The molecule has 0 aliphatic rings. The zero-order valence-corrected chi connectivity index (χ0v) is 11.3. The largest absolute Gasteiger partial charge is 0.375 e. The first kappa shape index (κ1) is 12.2. The van der Waals surface area contributed by atoms with Gasteiger partial charge in [0, 0.05) is 17.7 Å². The van der Waals surface area contributed by atoms with E-state index in [0.717, 1.165) is 27.9 Å². The van der Waals surface area contributed by atoms with Gasteiger partial charge in [0.25, 0.3) is 0 Å². The number of imidazole rings is 1. The van der Waals surface area contributed by atoms with Gasteiger partial charge in [-0.05, 0) is 18.2 Å². The molecule has 0 aliphatic carbocycles. The van der Waals surface area contributed by atoms with Crippen molar-refractivity contribution in [3.63, 3.8) is 0 Å². The number of hydrogen-bond donors (Lipinski definition) is 2. The summed E-state index contributed by atoms with van der Waals surface area (Å²) in [5.41, 5.74) is 8.13. The van der Waals surface area contributed by atoms with Gasteiger partial charge in [-0.3, -0.25) is 0 Å². The fourth-order valence-electron chi connectivity index (χ4n) is 2.23. The van der Waals surface area contributed by atoms with Gasteiger partial charge in [-0.1, -0.05) is 11.3 Å². The van der Waals surface area contributed by atoms with Gasteiger partial charge >= 0.3 is 0 Å². The number of H-pyrrole nitrogens is 1. The maximum absolute atomic E-state index is 13.2. The van der Waals surface area contributed by atoms with Crippen molar-refractivity contribution in [2.24, 2.45) is 0 Å². The number of hydrogen-bond acceptors (Lipinski definition) is 4. The molecule has 2 heterocycles. The van der Waals surface area contributed by atoms with Crippen LogP contribution in [0, 0.1) is 11.6 Å². The van der Waals surface area contributed by atoms with Crippen LogP contribution in [0.4, 0.5) is 13.9 Å². The van der Waals surface area contributed by atoms with E-state index in [1.807, 2.05) is 18.2 Å². The number of aromatic amines is 1. The molecule has 7 heteroatoms. The Hall–Kier alpha value is -2.54. The van der Waals surface area contributed by atoms with Crippen molar-refractivity contribution in [2.45, 2.75) is 0 Å². The second kappa shape index (κ2) is 4.23. The monoisotopic (exact) mass is 302 g/mol. The number of fused-ring (bicyclic) bond motifs is 2. The zero-order chi connectivity index (χ0) is 14.6. The Morgan fingerprint density at radius 3 is 2.67 bits per heavy atom. The molecule has 4 aromatic rings. The normalized spacial score (nSPS) is 11.5. The molecule has 0 spiro atoms. The molecular formula is C14H8F2N4S. The van der Waals surface area contributed by atoms with Crippen LogP contribution in [0.5, 0.6) is 0 Å². The summed E-state index contributed by atoms with van der Waals surface area (Å²) in [7, 11) is 0. The van der Waals surface area contributed by atoms with Crippen molar-refractivity contribution in [1.82, 2.24) is 15.0 Å². The maximum atomic E-state index is 13.2. The van der Waals surface area contributed by atoms with Crippen LogP contribution in [-0.2, 0) is 0 Å². The van der Waals surface area contributed by atoms with E-state index in [1.54, 1.807) is 0 Å². The number of nitrogens with zero attached hydrogens (tertiary/aromatic N) is 2. The Morgan fingerprint density at radius 1 is 1.00 bits per heavy atom. The molecule has 21 heavy (non-hydrogen) atoms. The maximum Gasteiger partial charge on any atom is 0.181 e. The molecule has 0 aliphatic heterocycles. The van der Waals surface area contributed by atoms with Crippen molar-refractivity contribution < 1.29 is 8.78 Å². The Bertz CT molecular complexity index is 950. The molecule has 4 rings (SSSR count). The third kappa shape index (κ3) is 1.93. The van der Waals surface area contributed by atoms with Gasteiger partial charge in [0.15, 0.2) is 16.8 Å². The van der Waals surface area contributed by atoms with Gasteiger partial charge in [0.2, 0.25) is 0 Å². The molecule has 0 unspecified atom stereocenters. The van der Waals surface area contributed by atoms with Crippen LogP contribution in [0.25, 0.3) is 32.6 Å². The number of nitrogen functional groups attached to an aromatic ring is 1. The van der Waals surface area contributed by atoms with E-state index in [2.05, 4.69) is 15.0 Å². The number of nitrogens with two attached hydrogens (primary N) is 1. The van der Waals surface area contributed by atoms with Gasteiger partial charge in [0.1, 0.15) is 5.82 Å². The minimum Gasteiger partial charge on any atom is -0.375 e. The summed E-state index contributed by atoms with van der Waals surface area (Å²) < 4.78 is 27.4. The molecule has 2 aromatic carbocycles. The standard InChI is InChI=1S/C14H8F2N4S/c15-7-4-10-11(5-8(7)16)19-13(18-10)6-1-2-9-12(3-6)21-14(17)20-9/h1-5H,(H2,17,20)(H,18,19). The lowest BCUT2D eigenvalue weighted by atomic mass is 10.2. The van der Waals surface area contributed by atoms with Crippen molar-refractivity contribution in [1.29, 1.82) is 0 Å². The van der Waals surface area contributed by atoms with E-state index in [4.69, 9.17) is 5.73 Å². The molecule has 0 amide bonds. The minimum absolute atomic E-state index is 0.382. The zero-order valence-electron chi connectivity index (χ0n) is 10.5. The summed E-state index contributed by atoms with van der Waals surface area (Å²) in [5.74, 6) is -1.27. The summed E-state index contributed by atoms with van der Waals surface area (Å²) in [4.78, 5) is 11.5. The Morgan fingerprint density at radius 2 is 1.81 bits per heavy atom. The SMILES string of the molecule is Nc1nc2ccc(-c3nc4cc(F)c(F)cc4[nH]3)cc2s1. The van der Waals surface area contributed by atoms with E-state index in [0.29, 0.717) is 22.0 Å². The number of benzene rings is 2. The number of anilines is 1. The van der Waals surface area contributed by atoms with Crippen LogP contribution < -0.4 is 5.73 Å². The minimum atomic E-state index is -0.911. The molecule has 0 atom stereocenters. The van der Waals surface area contributed by atoms with E-state index < -0.39 is 11.6 Å². The highest BCUT2D eigenvalue weighted by atomic mass is 32.1. The highest BCUT2D eigenvalue weighted by Gasteiger charge is 2.11. The molecule has 4 nitrogen and oxygen atoms in total. The third-order valence-corrected chi connectivity index (χ3v) is 4.05. The van der Waals surface area contributed by atoms with Crippen LogP contribution >= 0.6 is 11.3 Å². The van der Waals surface area contributed by atoms with Gasteiger partial charge < -0.3 is 10.7 Å². The highest BCUT2D eigenvalue weighted by Crippen LogP contribution is 2.29. The summed E-state index contributed by atoms with van der Waals surface area (Å²) in [5, 5.41) is 0.496. The number of aromatic nitrogens is 3. The van der Waals surface area contributed by atoms with Crippen molar-refractivity contribution >= 4 is 37.7 Å². The number of thiazole rings is 1. The average Bonchev–Trinajstić information content (AvgIpc) is 3.00. The van der Waals surface area contributed by atoms with Crippen molar-refractivity contribution in [3.8, 4) is 11.4 Å². The second-order valence-corrected chi connectivity index (χ2v) is 5.67. The first-order chi connectivity index (χ1) is 10.1. The molecular weight excluding hydrogens is 294 g/mol. The Kier molecular flexibility index (Phi) is 2.46. The van der Waals surface area contributed by atoms with E-state index in [9.17, 15) is 8.78 Å². The van der Waals surface area contributed by atoms with Gasteiger partial charge in [-0.25, -0.2) is 18.7 Å². The lowest BCUT2D eigenvalue weighted by molar-refractivity contribution is 0.510. The summed E-state index contributed by atoms with van der Waals surface area (Å²) in [6.07, 6.45) is 0. The molecule has 0 saturated carbocycles. The lowest BCUT2D eigenvalue weighted by Gasteiger charge is -1.95. The van der Waals surface area contributed by atoms with E-state index in [-0.39, 0.29) is 0 Å². The second-order valence-electron chi connectivity index (χ2n) is 4.60. The van der Waals surface area contributed by atoms with Crippen molar-refractivity contribution in [3.05, 3.63) is 42.0 Å².